The number of ether oxygens (including phenoxy) is 2. The van der Waals surface area contributed by atoms with E-state index in [0.717, 1.165) is 35.3 Å². The second kappa shape index (κ2) is 7.52. The van der Waals surface area contributed by atoms with Crippen LogP contribution in [0.15, 0.2) is 42.5 Å². The predicted octanol–water partition coefficient (Wildman–Crippen LogP) is 4.71. The van der Waals surface area contributed by atoms with Gasteiger partial charge in [0.1, 0.15) is 11.9 Å². The Morgan fingerprint density at radius 1 is 1.07 bits per heavy atom. The normalized spacial score (nSPS) is 19.7. The number of rotatable bonds is 5. The topological polar surface area (TPSA) is 64.6 Å². The van der Waals surface area contributed by atoms with Gasteiger partial charge in [0.2, 0.25) is 0 Å². The Kier molecular flexibility index (Phi) is 5.10. The van der Waals surface area contributed by atoms with Crippen molar-refractivity contribution in [3.05, 3.63) is 48.0 Å². The number of para-hydroxylation sites is 1. The summed E-state index contributed by atoms with van der Waals surface area (Å²) in [5, 5.41) is 0. The fraction of sp³-hybridized carbons (Fsp3) is 0.429. The van der Waals surface area contributed by atoms with Gasteiger partial charge in [-0.25, -0.2) is 8.42 Å². The lowest BCUT2D eigenvalue weighted by molar-refractivity contribution is 0.106. The van der Waals surface area contributed by atoms with E-state index in [1.165, 1.54) is 26.4 Å². The first-order chi connectivity index (χ1) is 13.1. The van der Waals surface area contributed by atoms with Gasteiger partial charge in [0, 0.05) is 29.8 Å². The SMILES string of the molecule is COCS(=O)(=O)Nc1ccc2c(c1)C(C1CCCCC1)Oc1ccccc1-2. The van der Waals surface area contributed by atoms with Gasteiger partial charge in [-0.15, -0.1) is 0 Å². The first kappa shape index (κ1) is 18.3. The Balaban J connectivity index is 1.74. The molecule has 0 bridgehead atoms. The maximum atomic E-state index is 12.1. The summed E-state index contributed by atoms with van der Waals surface area (Å²) in [5.41, 5.74) is 3.81. The zero-order valence-electron chi connectivity index (χ0n) is 15.5. The van der Waals surface area contributed by atoms with Crippen LogP contribution < -0.4 is 9.46 Å². The minimum absolute atomic E-state index is 0.0397. The highest BCUT2D eigenvalue weighted by Gasteiger charge is 2.33. The lowest BCUT2D eigenvalue weighted by Gasteiger charge is -2.36. The van der Waals surface area contributed by atoms with Gasteiger partial charge < -0.3 is 9.47 Å². The van der Waals surface area contributed by atoms with E-state index in [2.05, 4.69) is 10.8 Å². The number of nitrogens with one attached hydrogen (secondary N) is 1. The summed E-state index contributed by atoms with van der Waals surface area (Å²) in [5.74, 6) is 1.00. The van der Waals surface area contributed by atoms with Crippen LogP contribution in [-0.4, -0.2) is 21.5 Å². The molecule has 1 atom stereocenters. The van der Waals surface area contributed by atoms with Crippen LogP contribution in [0.4, 0.5) is 5.69 Å². The van der Waals surface area contributed by atoms with Crippen molar-refractivity contribution in [3.8, 4) is 16.9 Å². The van der Waals surface area contributed by atoms with Gasteiger partial charge in [0.15, 0.2) is 5.94 Å². The Labute approximate surface area is 160 Å². The fourth-order valence-corrected chi connectivity index (χ4v) is 5.11. The molecule has 1 fully saturated rings. The molecule has 1 unspecified atom stereocenters. The average molecular weight is 388 g/mol. The second-order valence-electron chi connectivity index (χ2n) is 7.36. The molecule has 1 aliphatic heterocycles. The Bertz CT molecular complexity index is 920. The molecule has 2 aliphatic rings. The number of fused-ring (bicyclic) bond motifs is 3. The van der Waals surface area contributed by atoms with E-state index in [-0.39, 0.29) is 12.0 Å². The number of sulfonamides is 1. The zero-order valence-corrected chi connectivity index (χ0v) is 16.3. The maximum Gasteiger partial charge on any atom is 0.257 e. The molecule has 1 saturated carbocycles. The van der Waals surface area contributed by atoms with Crippen molar-refractivity contribution in [2.75, 3.05) is 17.8 Å². The highest BCUT2D eigenvalue weighted by atomic mass is 32.2. The van der Waals surface area contributed by atoms with E-state index < -0.39 is 10.0 Å². The van der Waals surface area contributed by atoms with Crippen molar-refractivity contribution in [3.63, 3.8) is 0 Å². The smallest absolute Gasteiger partial charge is 0.257 e. The first-order valence-electron chi connectivity index (χ1n) is 9.47. The predicted molar refractivity (Wildman–Crippen MR) is 106 cm³/mol. The number of hydrogen-bond acceptors (Lipinski definition) is 4. The van der Waals surface area contributed by atoms with Crippen molar-refractivity contribution < 1.29 is 17.9 Å². The van der Waals surface area contributed by atoms with Crippen molar-refractivity contribution in [2.24, 2.45) is 5.92 Å². The van der Waals surface area contributed by atoms with E-state index >= 15 is 0 Å². The largest absolute Gasteiger partial charge is 0.485 e. The van der Waals surface area contributed by atoms with Crippen molar-refractivity contribution in [1.82, 2.24) is 0 Å². The number of methoxy groups -OCH3 is 1. The standard InChI is InChI=1S/C21H25NO4S/c1-25-14-27(23,24)22-16-11-12-17-18-9-5-6-10-20(18)26-21(19(17)13-16)15-7-3-2-4-8-15/h5-6,9-13,15,21-22H,2-4,7-8,14H2,1H3. The molecule has 4 rings (SSSR count). The van der Waals surface area contributed by atoms with E-state index in [1.54, 1.807) is 0 Å². The summed E-state index contributed by atoms with van der Waals surface area (Å²) >= 11 is 0. The molecule has 1 aliphatic carbocycles. The molecule has 0 aromatic heterocycles. The van der Waals surface area contributed by atoms with Crippen LogP contribution in [-0.2, 0) is 14.8 Å². The number of anilines is 1. The molecule has 1 heterocycles. The molecule has 0 spiro atoms. The summed E-state index contributed by atoms with van der Waals surface area (Å²) in [6, 6.07) is 13.8. The van der Waals surface area contributed by atoms with Gasteiger partial charge in [-0.1, -0.05) is 43.5 Å². The highest BCUT2D eigenvalue weighted by Crippen LogP contribution is 2.48. The molecule has 0 saturated heterocycles. The molecule has 2 aromatic carbocycles. The summed E-state index contributed by atoms with van der Waals surface area (Å²) in [6.07, 6.45) is 5.98. The summed E-state index contributed by atoms with van der Waals surface area (Å²) in [7, 11) is -2.16. The molecular formula is C21H25NO4S. The maximum absolute atomic E-state index is 12.1. The molecular weight excluding hydrogens is 362 g/mol. The highest BCUT2D eigenvalue weighted by molar-refractivity contribution is 7.92. The van der Waals surface area contributed by atoms with E-state index in [1.807, 2.05) is 36.4 Å². The van der Waals surface area contributed by atoms with E-state index in [4.69, 9.17) is 9.47 Å². The molecule has 6 heteroatoms. The molecule has 1 N–H and O–H groups in total. The summed E-state index contributed by atoms with van der Waals surface area (Å²) in [6.45, 7) is 0. The van der Waals surface area contributed by atoms with Crippen LogP contribution in [0, 0.1) is 5.92 Å². The monoisotopic (exact) mass is 387 g/mol. The second-order valence-corrected chi connectivity index (χ2v) is 9.03. The van der Waals surface area contributed by atoms with Crippen molar-refractivity contribution in [1.29, 1.82) is 0 Å². The fourth-order valence-electron chi connectivity index (χ4n) is 4.25. The zero-order chi connectivity index (χ0) is 18.9. The lowest BCUT2D eigenvalue weighted by Crippen LogP contribution is -2.25. The van der Waals surface area contributed by atoms with E-state index in [9.17, 15) is 8.42 Å². The molecule has 5 nitrogen and oxygen atoms in total. The first-order valence-corrected chi connectivity index (χ1v) is 11.1. The van der Waals surface area contributed by atoms with Crippen LogP contribution in [0.3, 0.4) is 0 Å². The third kappa shape index (κ3) is 3.82. The van der Waals surface area contributed by atoms with Gasteiger partial charge in [0.25, 0.3) is 10.0 Å². The lowest BCUT2D eigenvalue weighted by atomic mass is 9.79. The van der Waals surface area contributed by atoms with Gasteiger partial charge in [-0.05, 0) is 36.6 Å². The third-order valence-corrected chi connectivity index (χ3v) is 6.51. The van der Waals surface area contributed by atoms with Gasteiger partial charge in [-0.3, -0.25) is 4.72 Å². The van der Waals surface area contributed by atoms with Gasteiger partial charge >= 0.3 is 0 Å². The molecule has 0 radical (unpaired) electrons. The number of benzene rings is 2. The van der Waals surface area contributed by atoms with Crippen molar-refractivity contribution >= 4 is 15.7 Å². The average Bonchev–Trinajstić information content (AvgIpc) is 2.67. The van der Waals surface area contributed by atoms with Crippen LogP contribution in [0.2, 0.25) is 0 Å². The van der Waals surface area contributed by atoms with Crippen LogP contribution in [0.1, 0.15) is 43.8 Å². The van der Waals surface area contributed by atoms with Gasteiger partial charge in [0.05, 0.1) is 0 Å². The van der Waals surface area contributed by atoms with Crippen LogP contribution in [0.25, 0.3) is 11.1 Å². The quantitative estimate of drug-likeness (QED) is 0.807. The molecule has 27 heavy (non-hydrogen) atoms. The Morgan fingerprint density at radius 3 is 2.63 bits per heavy atom. The Morgan fingerprint density at radius 2 is 1.85 bits per heavy atom. The molecule has 2 aromatic rings. The van der Waals surface area contributed by atoms with Gasteiger partial charge in [-0.2, -0.15) is 0 Å². The van der Waals surface area contributed by atoms with Crippen molar-refractivity contribution in [2.45, 2.75) is 38.2 Å². The summed E-state index contributed by atoms with van der Waals surface area (Å²) in [4.78, 5) is 0. The summed E-state index contributed by atoms with van der Waals surface area (Å²) < 4.78 is 38.0. The van der Waals surface area contributed by atoms with E-state index in [0.29, 0.717) is 11.6 Å². The third-order valence-electron chi connectivity index (χ3n) is 5.41. The number of hydrogen-bond donors (Lipinski definition) is 1. The molecule has 0 amide bonds. The molecule has 144 valence electrons. The van der Waals surface area contributed by atoms with Crippen LogP contribution >= 0.6 is 0 Å². The minimum atomic E-state index is -3.53. The van der Waals surface area contributed by atoms with Crippen LogP contribution in [0.5, 0.6) is 5.75 Å². The Hall–Kier alpha value is -2.05. The minimum Gasteiger partial charge on any atom is -0.485 e.